The fraction of sp³-hybridized carbons (Fsp3) is 0.222. The van der Waals surface area contributed by atoms with Crippen molar-refractivity contribution in [3.8, 4) is 0 Å². The van der Waals surface area contributed by atoms with Crippen molar-refractivity contribution in [2.45, 2.75) is 12.0 Å². The number of methoxy groups -OCH3 is 1. The predicted molar refractivity (Wildman–Crippen MR) is 79.9 cm³/mol. The molecule has 0 radical (unpaired) electrons. The van der Waals surface area contributed by atoms with Gasteiger partial charge >= 0.3 is 11.9 Å². The van der Waals surface area contributed by atoms with E-state index in [0.717, 1.165) is 11.1 Å². The number of hydrogen-bond donors (Lipinski definition) is 0. The second-order valence-corrected chi connectivity index (χ2v) is 5.22. The normalized spacial score (nSPS) is 19.5. The van der Waals surface area contributed by atoms with Crippen molar-refractivity contribution >= 4 is 11.9 Å². The van der Waals surface area contributed by atoms with E-state index in [9.17, 15) is 9.59 Å². The zero-order valence-corrected chi connectivity index (χ0v) is 12.2. The van der Waals surface area contributed by atoms with Crippen LogP contribution in [0.15, 0.2) is 60.7 Å². The third-order valence-electron chi connectivity index (χ3n) is 4.03. The van der Waals surface area contributed by atoms with Crippen LogP contribution in [0.5, 0.6) is 0 Å². The Morgan fingerprint density at radius 1 is 1.05 bits per heavy atom. The van der Waals surface area contributed by atoms with E-state index in [2.05, 4.69) is 0 Å². The molecule has 0 bridgehead atoms. The molecule has 1 aliphatic rings. The highest BCUT2D eigenvalue weighted by atomic mass is 16.6. The highest BCUT2D eigenvalue weighted by molar-refractivity contribution is 5.86. The summed E-state index contributed by atoms with van der Waals surface area (Å²) >= 11 is 0. The van der Waals surface area contributed by atoms with Gasteiger partial charge in [0.25, 0.3) is 0 Å². The Bertz CT molecular complexity index is 639. The summed E-state index contributed by atoms with van der Waals surface area (Å²) < 4.78 is 10.6. The molecule has 0 aliphatic carbocycles. The molecule has 1 heterocycles. The Balaban J connectivity index is 2.23. The van der Waals surface area contributed by atoms with Crippen molar-refractivity contribution in [2.75, 3.05) is 7.11 Å². The highest BCUT2D eigenvalue weighted by Crippen LogP contribution is 2.47. The smallest absolute Gasteiger partial charge is 0.314 e. The van der Waals surface area contributed by atoms with E-state index in [-0.39, 0.29) is 6.42 Å². The Labute approximate surface area is 128 Å². The van der Waals surface area contributed by atoms with E-state index in [0.29, 0.717) is 0 Å². The predicted octanol–water partition coefficient (Wildman–Crippen LogP) is 2.67. The lowest BCUT2D eigenvalue weighted by Crippen LogP contribution is -2.38. The maximum atomic E-state index is 12.3. The molecule has 0 amide bonds. The molecule has 3 rings (SSSR count). The largest absolute Gasteiger partial charge is 0.469 e. The molecule has 0 unspecified atom stereocenters. The number of rotatable bonds is 3. The first-order valence-electron chi connectivity index (χ1n) is 7.09. The maximum absolute atomic E-state index is 12.3. The number of hydrogen-bond acceptors (Lipinski definition) is 4. The van der Waals surface area contributed by atoms with Gasteiger partial charge in [-0.25, -0.2) is 0 Å². The fourth-order valence-electron chi connectivity index (χ4n) is 3.05. The lowest BCUT2D eigenvalue weighted by atomic mass is 9.76. The summed E-state index contributed by atoms with van der Waals surface area (Å²) in [5.74, 6) is -1.54. The quantitative estimate of drug-likeness (QED) is 0.817. The SMILES string of the molecule is COC(=O)[C@@H]1CC(=O)OC1(c1ccccc1)c1ccccc1. The van der Waals surface area contributed by atoms with Crippen molar-refractivity contribution in [2.24, 2.45) is 5.92 Å². The van der Waals surface area contributed by atoms with Gasteiger partial charge in [-0.1, -0.05) is 60.7 Å². The summed E-state index contributed by atoms with van der Waals surface area (Å²) in [5.41, 5.74) is 0.400. The molecule has 1 atom stereocenters. The van der Waals surface area contributed by atoms with Gasteiger partial charge in [0.1, 0.15) is 5.92 Å². The van der Waals surface area contributed by atoms with Crippen LogP contribution in [0.3, 0.4) is 0 Å². The summed E-state index contributed by atoms with van der Waals surface area (Å²) in [6, 6.07) is 18.7. The van der Waals surface area contributed by atoms with E-state index >= 15 is 0 Å². The minimum absolute atomic E-state index is 0.0104. The van der Waals surface area contributed by atoms with Crippen LogP contribution in [0.2, 0.25) is 0 Å². The molecule has 0 spiro atoms. The van der Waals surface area contributed by atoms with Crippen molar-refractivity contribution in [1.29, 1.82) is 0 Å². The molecule has 0 aromatic heterocycles. The fourth-order valence-corrected chi connectivity index (χ4v) is 3.05. The Kier molecular flexibility index (Phi) is 3.67. The van der Waals surface area contributed by atoms with Gasteiger partial charge in [-0.2, -0.15) is 0 Å². The minimum atomic E-state index is -1.13. The van der Waals surface area contributed by atoms with E-state index in [1.54, 1.807) is 0 Å². The number of esters is 2. The van der Waals surface area contributed by atoms with Gasteiger partial charge in [-0.15, -0.1) is 0 Å². The lowest BCUT2D eigenvalue weighted by Gasteiger charge is -2.33. The second-order valence-electron chi connectivity index (χ2n) is 5.22. The summed E-state index contributed by atoms with van der Waals surface area (Å²) in [7, 11) is 1.33. The van der Waals surface area contributed by atoms with Crippen LogP contribution < -0.4 is 0 Å². The van der Waals surface area contributed by atoms with Gasteiger partial charge in [0, 0.05) is 11.1 Å². The van der Waals surface area contributed by atoms with E-state index < -0.39 is 23.5 Å². The molecule has 0 N–H and O–H groups in total. The summed E-state index contributed by atoms with van der Waals surface area (Å²) in [6.07, 6.45) is 0.0104. The first-order chi connectivity index (χ1) is 10.7. The Hall–Kier alpha value is -2.62. The molecule has 2 aromatic carbocycles. The van der Waals surface area contributed by atoms with Gasteiger partial charge in [-0.3, -0.25) is 9.59 Å². The minimum Gasteiger partial charge on any atom is -0.469 e. The Morgan fingerprint density at radius 2 is 1.55 bits per heavy atom. The standard InChI is InChI=1S/C18H16O4/c1-21-17(20)15-12-16(19)22-18(15,13-8-4-2-5-9-13)14-10-6-3-7-11-14/h2-11,15H,12H2,1H3/t15-/m0/s1. The van der Waals surface area contributed by atoms with E-state index in [1.165, 1.54) is 7.11 Å². The molecular formula is C18H16O4. The van der Waals surface area contributed by atoms with Gasteiger partial charge in [0.15, 0.2) is 5.60 Å². The van der Waals surface area contributed by atoms with Crippen molar-refractivity contribution in [3.05, 3.63) is 71.8 Å². The van der Waals surface area contributed by atoms with Crippen LogP contribution in [-0.2, 0) is 24.7 Å². The van der Waals surface area contributed by atoms with Gasteiger partial charge in [0.2, 0.25) is 0 Å². The monoisotopic (exact) mass is 296 g/mol. The van der Waals surface area contributed by atoms with Crippen LogP contribution in [0.1, 0.15) is 17.5 Å². The molecule has 1 saturated heterocycles. The molecule has 22 heavy (non-hydrogen) atoms. The van der Waals surface area contributed by atoms with E-state index in [4.69, 9.17) is 9.47 Å². The topological polar surface area (TPSA) is 52.6 Å². The van der Waals surface area contributed by atoms with Crippen LogP contribution in [0, 0.1) is 5.92 Å². The number of cyclic esters (lactones) is 1. The molecular weight excluding hydrogens is 280 g/mol. The van der Waals surface area contributed by atoms with Crippen molar-refractivity contribution < 1.29 is 19.1 Å². The number of benzene rings is 2. The molecule has 112 valence electrons. The number of carbonyl (C=O) groups is 2. The van der Waals surface area contributed by atoms with Crippen molar-refractivity contribution in [1.82, 2.24) is 0 Å². The molecule has 4 heteroatoms. The van der Waals surface area contributed by atoms with Crippen molar-refractivity contribution in [3.63, 3.8) is 0 Å². The highest BCUT2D eigenvalue weighted by Gasteiger charge is 2.55. The first kappa shape index (κ1) is 14.3. The molecule has 1 fully saturated rings. The number of ether oxygens (including phenoxy) is 2. The van der Waals surface area contributed by atoms with Gasteiger partial charge < -0.3 is 9.47 Å². The van der Waals surface area contributed by atoms with Crippen LogP contribution >= 0.6 is 0 Å². The molecule has 2 aromatic rings. The molecule has 4 nitrogen and oxygen atoms in total. The molecule has 1 aliphatic heterocycles. The lowest BCUT2D eigenvalue weighted by molar-refractivity contribution is -0.153. The third-order valence-corrected chi connectivity index (χ3v) is 4.03. The zero-order valence-electron chi connectivity index (χ0n) is 12.2. The summed E-state index contributed by atoms with van der Waals surface area (Å²) in [5, 5.41) is 0. The average Bonchev–Trinajstić information content (AvgIpc) is 2.94. The van der Waals surface area contributed by atoms with Gasteiger partial charge in [0.05, 0.1) is 13.5 Å². The summed E-state index contributed by atoms with van der Waals surface area (Å²) in [6.45, 7) is 0. The second kappa shape index (κ2) is 5.64. The number of carbonyl (C=O) groups excluding carboxylic acids is 2. The molecule has 0 saturated carbocycles. The van der Waals surface area contributed by atoms with Crippen LogP contribution in [0.25, 0.3) is 0 Å². The van der Waals surface area contributed by atoms with Crippen LogP contribution in [0.4, 0.5) is 0 Å². The van der Waals surface area contributed by atoms with E-state index in [1.807, 2.05) is 60.7 Å². The third kappa shape index (κ3) is 2.17. The van der Waals surface area contributed by atoms with Crippen LogP contribution in [-0.4, -0.2) is 19.0 Å². The zero-order chi connectivity index (χ0) is 15.6. The average molecular weight is 296 g/mol. The first-order valence-corrected chi connectivity index (χ1v) is 7.09. The summed E-state index contributed by atoms with van der Waals surface area (Å²) in [4.78, 5) is 24.3. The van der Waals surface area contributed by atoms with Gasteiger partial charge in [-0.05, 0) is 0 Å². The Morgan fingerprint density at radius 3 is 2.00 bits per heavy atom. The maximum Gasteiger partial charge on any atom is 0.314 e.